The summed E-state index contributed by atoms with van der Waals surface area (Å²) in [5.74, 6) is -0.186. The molecule has 4 heteroatoms. The van der Waals surface area contributed by atoms with Gasteiger partial charge in [0.15, 0.2) is 0 Å². The van der Waals surface area contributed by atoms with Crippen LogP contribution >= 0.6 is 0 Å². The number of hydrogen-bond acceptors (Lipinski definition) is 2. The van der Waals surface area contributed by atoms with E-state index in [9.17, 15) is 8.78 Å². The van der Waals surface area contributed by atoms with Gasteiger partial charge in [0.1, 0.15) is 17.4 Å². The van der Waals surface area contributed by atoms with Crippen molar-refractivity contribution in [3.05, 3.63) is 47.2 Å². The minimum atomic E-state index is -0.537. The summed E-state index contributed by atoms with van der Waals surface area (Å²) < 4.78 is 32.0. The Labute approximate surface area is 112 Å². The molecule has 2 nitrogen and oxygen atoms in total. The molecule has 0 saturated carbocycles. The highest BCUT2D eigenvalue weighted by atomic mass is 19.1. The van der Waals surface area contributed by atoms with E-state index in [1.807, 2.05) is 6.08 Å². The van der Waals surface area contributed by atoms with Crippen molar-refractivity contribution in [3.8, 4) is 0 Å². The minimum absolute atomic E-state index is 0.0105. The maximum atomic E-state index is 13.2. The summed E-state index contributed by atoms with van der Waals surface area (Å²) in [6, 6.07) is 3.63. The molecule has 0 bridgehead atoms. The van der Waals surface area contributed by atoms with Gasteiger partial charge < -0.3 is 10.1 Å². The molecule has 104 valence electrons. The fourth-order valence-electron chi connectivity index (χ4n) is 2.24. The molecule has 0 saturated heterocycles. The lowest BCUT2D eigenvalue weighted by Crippen LogP contribution is -2.34. The second-order valence-electron chi connectivity index (χ2n) is 4.73. The SMILES string of the molecule is CCCNC(Cc1cc(F)cc(F)c1)C1=CCCO1. The average molecular weight is 267 g/mol. The van der Waals surface area contributed by atoms with E-state index < -0.39 is 11.6 Å². The van der Waals surface area contributed by atoms with E-state index in [1.54, 1.807) is 0 Å². The molecule has 0 radical (unpaired) electrons. The molecule has 0 aliphatic carbocycles. The lowest BCUT2D eigenvalue weighted by Gasteiger charge is -2.20. The van der Waals surface area contributed by atoms with Crippen LogP contribution in [0.25, 0.3) is 0 Å². The molecular weight excluding hydrogens is 248 g/mol. The Morgan fingerprint density at radius 3 is 2.58 bits per heavy atom. The van der Waals surface area contributed by atoms with Gasteiger partial charge in [0.2, 0.25) is 0 Å². The van der Waals surface area contributed by atoms with Crippen molar-refractivity contribution in [2.24, 2.45) is 0 Å². The molecule has 1 atom stereocenters. The van der Waals surface area contributed by atoms with Crippen molar-refractivity contribution >= 4 is 0 Å². The second-order valence-corrected chi connectivity index (χ2v) is 4.73. The first kappa shape index (κ1) is 14.0. The summed E-state index contributed by atoms with van der Waals surface area (Å²) in [6.45, 7) is 3.62. The second kappa shape index (κ2) is 6.66. The van der Waals surface area contributed by atoms with Crippen LogP contribution in [0.4, 0.5) is 8.78 Å². The van der Waals surface area contributed by atoms with Crippen LogP contribution in [0.15, 0.2) is 30.0 Å². The van der Waals surface area contributed by atoms with Gasteiger partial charge in [-0.2, -0.15) is 0 Å². The van der Waals surface area contributed by atoms with Crippen LogP contribution in [0.3, 0.4) is 0 Å². The predicted octanol–water partition coefficient (Wildman–Crippen LogP) is 3.18. The molecule has 1 heterocycles. The topological polar surface area (TPSA) is 21.3 Å². The third kappa shape index (κ3) is 4.03. The van der Waals surface area contributed by atoms with Crippen molar-refractivity contribution in [2.75, 3.05) is 13.2 Å². The molecule has 2 rings (SSSR count). The largest absolute Gasteiger partial charge is 0.496 e. The fraction of sp³-hybridized carbons (Fsp3) is 0.467. The molecule has 19 heavy (non-hydrogen) atoms. The van der Waals surface area contributed by atoms with E-state index >= 15 is 0 Å². The van der Waals surface area contributed by atoms with Gasteiger partial charge in [0.25, 0.3) is 0 Å². The van der Waals surface area contributed by atoms with Crippen molar-refractivity contribution in [2.45, 2.75) is 32.2 Å². The van der Waals surface area contributed by atoms with Crippen molar-refractivity contribution in [1.29, 1.82) is 0 Å². The maximum Gasteiger partial charge on any atom is 0.126 e. The standard InChI is InChI=1S/C15H19F2NO/c1-2-5-18-14(15-4-3-6-19-15)9-11-7-12(16)10-13(17)8-11/h4,7-8,10,14,18H,2-3,5-6,9H2,1H3. The first-order valence-electron chi connectivity index (χ1n) is 6.70. The molecule has 1 aromatic carbocycles. The summed E-state index contributed by atoms with van der Waals surface area (Å²) in [5, 5.41) is 3.36. The number of rotatable bonds is 6. The quantitative estimate of drug-likeness (QED) is 0.854. The Hall–Kier alpha value is -1.42. The van der Waals surface area contributed by atoms with Crippen LogP contribution < -0.4 is 5.32 Å². The zero-order valence-corrected chi connectivity index (χ0v) is 11.1. The lowest BCUT2D eigenvalue weighted by molar-refractivity contribution is 0.214. The summed E-state index contributed by atoms with van der Waals surface area (Å²) in [7, 11) is 0. The molecule has 1 N–H and O–H groups in total. The summed E-state index contributed by atoms with van der Waals surface area (Å²) in [5.41, 5.74) is 0.641. The summed E-state index contributed by atoms with van der Waals surface area (Å²) >= 11 is 0. The molecule has 0 amide bonds. The molecule has 0 fully saturated rings. The van der Waals surface area contributed by atoms with Gasteiger partial charge in [-0.25, -0.2) is 8.78 Å². The minimum Gasteiger partial charge on any atom is -0.496 e. The number of benzene rings is 1. The van der Waals surface area contributed by atoms with Gasteiger partial charge in [-0.15, -0.1) is 0 Å². The van der Waals surface area contributed by atoms with Crippen LogP contribution in [-0.4, -0.2) is 19.2 Å². The molecule has 0 aromatic heterocycles. The highest BCUT2D eigenvalue weighted by molar-refractivity contribution is 5.22. The summed E-state index contributed by atoms with van der Waals surface area (Å²) in [4.78, 5) is 0. The van der Waals surface area contributed by atoms with Gasteiger partial charge in [-0.05, 0) is 43.2 Å². The fourth-order valence-corrected chi connectivity index (χ4v) is 2.24. The first-order chi connectivity index (χ1) is 9.19. The molecular formula is C15H19F2NO. The van der Waals surface area contributed by atoms with E-state index in [-0.39, 0.29) is 6.04 Å². The van der Waals surface area contributed by atoms with Crippen LogP contribution in [-0.2, 0) is 11.2 Å². The number of ether oxygens (including phenoxy) is 1. The Kier molecular flexibility index (Phi) is 4.91. The molecule has 0 spiro atoms. The molecule has 1 aliphatic heterocycles. The monoisotopic (exact) mass is 267 g/mol. The van der Waals surface area contributed by atoms with Crippen molar-refractivity contribution in [1.82, 2.24) is 5.32 Å². The van der Waals surface area contributed by atoms with Gasteiger partial charge in [0.05, 0.1) is 12.6 Å². The highest BCUT2D eigenvalue weighted by Gasteiger charge is 2.19. The zero-order valence-electron chi connectivity index (χ0n) is 11.1. The Balaban J connectivity index is 2.09. The van der Waals surface area contributed by atoms with E-state index in [0.29, 0.717) is 18.6 Å². The normalized spacial score (nSPS) is 16.1. The number of nitrogens with one attached hydrogen (secondary N) is 1. The van der Waals surface area contributed by atoms with E-state index in [2.05, 4.69) is 12.2 Å². The Morgan fingerprint density at radius 2 is 2.00 bits per heavy atom. The van der Waals surface area contributed by atoms with Crippen LogP contribution in [0.2, 0.25) is 0 Å². The highest BCUT2D eigenvalue weighted by Crippen LogP contribution is 2.18. The van der Waals surface area contributed by atoms with Crippen molar-refractivity contribution < 1.29 is 13.5 Å². The summed E-state index contributed by atoms with van der Waals surface area (Å²) in [6.07, 6.45) is 4.47. The Bertz CT molecular complexity index is 439. The zero-order chi connectivity index (χ0) is 13.7. The number of hydrogen-bond donors (Lipinski definition) is 1. The van der Waals surface area contributed by atoms with E-state index in [4.69, 9.17) is 4.74 Å². The lowest BCUT2D eigenvalue weighted by atomic mass is 10.0. The average Bonchev–Trinajstić information content (AvgIpc) is 2.87. The van der Waals surface area contributed by atoms with E-state index in [1.165, 1.54) is 12.1 Å². The van der Waals surface area contributed by atoms with Crippen LogP contribution in [0.5, 0.6) is 0 Å². The van der Waals surface area contributed by atoms with Gasteiger partial charge >= 0.3 is 0 Å². The smallest absolute Gasteiger partial charge is 0.126 e. The first-order valence-corrected chi connectivity index (χ1v) is 6.70. The van der Waals surface area contributed by atoms with Crippen molar-refractivity contribution in [3.63, 3.8) is 0 Å². The third-order valence-corrected chi connectivity index (χ3v) is 3.08. The van der Waals surface area contributed by atoms with E-state index in [0.717, 1.165) is 31.2 Å². The van der Waals surface area contributed by atoms with Crippen LogP contribution in [0, 0.1) is 11.6 Å². The molecule has 1 unspecified atom stereocenters. The van der Waals surface area contributed by atoms with Crippen LogP contribution in [0.1, 0.15) is 25.3 Å². The number of halogens is 2. The van der Waals surface area contributed by atoms with Gasteiger partial charge in [-0.3, -0.25) is 0 Å². The Morgan fingerprint density at radius 1 is 1.26 bits per heavy atom. The van der Waals surface area contributed by atoms with Gasteiger partial charge in [0, 0.05) is 12.5 Å². The van der Waals surface area contributed by atoms with Gasteiger partial charge in [-0.1, -0.05) is 6.92 Å². The maximum absolute atomic E-state index is 13.2. The molecule has 1 aromatic rings. The predicted molar refractivity (Wildman–Crippen MR) is 70.8 cm³/mol. The third-order valence-electron chi connectivity index (χ3n) is 3.08. The molecule has 1 aliphatic rings.